The summed E-state index contributed by atoms with van der Waals surface area (Å²) < 4.78 is 7.23. The molecule has 1 unspecified atom stereocenters. The van der Waals surface area contributed by atoms with Gasteiger partial charge in [0.05, 0.1) is 6.54 Å². The van der Waals surface area contributed by atoms with Crippen molar-refractivity contribution in [2.75, 3.05) is 5.32 Å². The second-order valence-electron chi connectivity index (χ2n) is 6.90. The molecule has 2 amide bonds. The molecule has 3 heterocycles. The molecule has 3 N–H and O–H groups in total. The molecule has 3 aromatic rings. The zero-order valence-corrected chi connectivity index (χ0v) is 15.2. The molecule has 0 aliphatic carbocycles. The van der Waals surface area contributed by atoms with E-state index in [9.17, 15) is 14.7 Å². The van der Waals surface area contributed by atoms with E-state index in [0.717, 1.165) is 28.2 Å². The molecule has 140 valence electrons. The minimum atomic E-state index is -0.599. The minimum absolute atomic E-state index is 0.0211. The molecule has 4 rings (SSSR count). The van der Waals surface area contributed by atoms with Gasteiger partial charge in [0.1, 0.15) is 17.6 Å². The zero-order chi connectivity index (χ0) is 19.1. The van der Waals surface area contributed by atoms with Crippen LogP contribution in [-0.4, -0.2) is 21.5 Å². The third kappa shape index (κ3) is 3.05. The normalized spacial score (nSPS) is 17.3. The van der Waals surface area contributed by atoms with Gasteiger partial charge in [0, 0.05) is 29.1 Å². The number of aromatic hydroxyl groups is 1. The number of benzene rings is 1. The highest BCUT2D eigenvalue weighted by Crippen LogP contribution is 2.36. The Morgan fingerprint density at radius 3 is 2.81 bits per heavy atom. The second kappa shape index (κ2) is 6.50. The number of nitrogens with one attached hydrogen (secondary N) is 2. The third-order valence-electron chi connectivity index (χ3n) is 5.08. The highest BCUT2D eigenvalue weighted by molar-refractivity contribution is 6.01. The van der Waals surface area contributed by atoms with Crippen LogP contribution < -0.4 is 10.6 Å². The van der Waals surface area contributed by atoms with Crippen molar-refractivity contribution in [3.8, 4) is 5.88 Å². The molecule has 2 aromatic heterocycles. The molecule has 1 fully saturated rings. The number of anilines is 1. The fourth-order valence-electron chi connectivity index (χ4n) is 3.50. The SMILES string of the molecule is Cc1cc(CNc2cccc3c(O)n(C4CCC(=O)NC4=O)cc23)oc1C. The van der Waals surface area contributed by atoms with Crippen LogP contribution in [0.15, 0.2) is 34.9 Å². The van der Waals surface area contributed by atoms with Crippen LogP contribution in [0.25, 0.3) is 10.8 Å². The number of hydrogen-bond acceptors (Lipinski definition) is 5. The van der Waals surface area contributed by atoms with Crippen LogP contribution in [0.4, 0.5) is 5.69 Å². The van der Waals surface area contributed by atoms with Gasteiger partial charge in [-0.25, -0.2) is 0 Å². The van der Waals surface area contributed by atoms with E-state index < -0.39 is 11.9 Å². The fourth-order valence-corrected chi connectivity index (χ4v) is 3.50. The Morgan fingerprint density at radius 1 is 1.30 bits per heavy atom. The first-order chi connectivity index (χ1) is 12.9. The quantitative estimate of drug-likeness (QED) is 0.616. The van der Waals surface area contributed by atoms with Crippen molar-refractivity contribution in [2.45, 2.75) is 39.3 Å². The Bertz CT molecular complexity index is 1030. The molecule has 0 saturated carbocycles. The molecule has 7 heteroatoms. The van der Waals surface area contributed by atoms with Gasteiger partial charge in [0.15, 0.2) is 5.88 Å². The first-order valence-corrected chi connectivity index (χ1v) is 8.90. The zero-order valence-electron chi connectivity index (χ0n) is 15.2. The van der Waals surface area contributed by atoms with Gasteiger partial charge >= 0.3 is 0 Å². The lowest BCUT2D eigenvalue weighted by molar-refractivity contribution is -0.135. The molecule has 1 aliphatic rings. The number of carbonyl (C=O) groups excluding carboxylic acids is 2. The third-order valence-corrected chi connectivity index (χ3v) is 5.08. The summed E-state index contributed by atoms with van der Waals surface area (Å²) in [6.07, 6.45) is 2.38. The second-order valence-corrected chi connectivity index (χ2v) is 6.90. The summed E-state index contributed by atoms with van der Waals surface area (Å²) >= 11 is 0. The van der Waals surface area contributed by atoms with E-state index in [4.69, 9.17) is 4.42 Å². The van der Waals surface area contributed by atoms with Crippen LogP contribution in [0.3, 0.4) is 0 Å². The van der Waals surface area contributed by atoms with E-state index in [-0.39, 0.29) is 18.2 Å². The molecular weight excluding hydrogens is 346 g/mol. The van der Waals surface area contributed by atoms with Crippen molar-refractivity contribution < 1.29 is 19.1 Å². The average molecular weight is 367 g/mol. The van der Waals surface area contributed by atoms with Crippen molar-refractivity contribution >= 4 is 28.3 Å². The Labute approximate surface area is 156 Å². The van der Waals surface area contributed by atoms with Crippen molar-refractivity contribution in [2.24, 2.45) is 0 Å². The largest absolute Gasteiger partial charge is 0.494 e. The number of furan rings is 1. The Hall–Kier alpha value is -3.22. The van der Waals surface area contributed by atoms with Crippen LogP contribution in [0.5, 0.6) is 5.88 Å². The summed E-state index contributed by atoms with van der Waals surface area (Å²) in [4.78, 5) is 23.6. The molecule has 1 aromatic carbocycles. The lowest BCUT2D eigenvalue weighted by Crippen LogP contribution is -2.41. The van der Waals surface area contributed by atoms with Gasteiger partial charge in [-0.15, -0.1) is 0 Å². The predicted molar refractivity (Wildman–Crippen MR) is 101 cm³/mol. The summed E-state index contributed by atoms with van der Waals surface area (Å²) in [6, 6.07) is 6.96. The van der Waals surface area contributed by atoms with Crippen molar-refractivity contribution in [3.63, 3.8) is 0 Å². The minimum Gasteiger partial charge on any atom is -0.494 e. The molecular formula is C20H21N3O4. The van der Waals surface area contributed by atoms with Crippen LogP contribution in [0.2, 0.25) is 0 Å². The van der Waals surface area contributed by atoms with Crippen LogP contribution in [0.1, 0.15) is 36.0 Å². The highest BCUT2D eigenvalue weighted by Gasteiger charge is 2.30. The number of fused-ring (bicyclic) bond motifs is 1. The van der Waals surface area contributed by atoms with Crippen LogP contribution >= 0.6 is 0 Å². The number of hydrogen-bond donors (Lipinski definition) is 3. The van der Waals surface area contributed by atoms with E-state index in [1.807, 2.05) is 32.0 Å². The number of aromatic nitrogens is 1. The lowest BCUT2D eigenvalue weighted by atomic mass is 10.1. The average Bonchev–Trinajstić information content (AvgIpc) is 3.13. The fraction of sp³-hybridized carbons (Fsp3) is 0.300. The van der Waals surface area contributed by atoms with Gasteiger partial charge in [-0.3, -0.25) is 14.9 Å². The van der Waals surface area contributed by atoms with Gasteiger partial charge in [-0.2, -0.15) is 0 Å². The summed E-state index contributed by atoms with van der Waals surface area (Å²) in [7, 11) is 0. The number of nitrogens with zero attached hydrogens (tertiary/aromatic N) is 1. The van der Waals surface area contributed by atoms with Gasteiger partial charge < -0.3 is 19.4 Å². The molecule has 0 radical (unpaired) electrons. The Balaban J connectivity index is 1.65. The van der Waals surface area contributed by atoms with E-state index in [2.05, 4.69) is 10.6 Å². The molecule has 27 heavy (non-hydrogen) atoms. The summed E-state index contributed by atoms with van der Waals surface area (Å²) in [5, 5.41) is 17.7. The Morgan fingerprint density at radius 2 is 2.11 bits per heavy atom. The first kappa shape index (κ1) is 17.2. The smallest absolute Gasteiger partial charge is 0.249 e. The number of piperidine rings is 1. The lowest BCUT2D eigenvalue weighted by Gasteiger charge is -2.22. The van der Waals surface area contributed by atoms with Crippen molar-refractivity contribution in [1.29, 1.82) is 0 Å². The maximum atomic E-state index is 12.2. The van der Waals surface area contributed by atoms with Crippen LogP contribution in [0, 0.1) is 13.8 Å². The van der Waals surface area contributed by atoms with Gasteiger partial charge in [-0.1, -0.05) is 6.07 Å². The van der Waals surface area contributed by atoms with E-state index in [1.165, 1.54) is 0 Å². The molecule has 0 spiro atoms. The monoisotopic (exact) mass is 367 g/mol. The van der Waals surface area contributed by atoms with Gasteiger partial charge in [0.25, 0.3) is 0 Å². The standard InChI is InChI=1S/C20H21N3O4/c1-11-8-13(27-12(11)2)9-21-16-5-3-4-14-15(16)10-23(20(14)26)17-6-7-18(24)22-19(17)25/h3-5,8,10,17,21,26H,6-7,9H2,1-2H3,(H,22,24,25). The van der Waals surface area contributed by atoms with E-state index in [1.54, 1.807) is 16.8 Å². The number of carbonyl (C=O) groups is 2. The number of imide groups is 1. The molecule has 1 aliphatic heterocycles. The first-order valence-electron chi connectivity index (χ1n) is 8.90. The Kier molecular flexibility index (Phi) is 4.14. The van der Waals surface area contributed by atoms with E-state index >= 15 is 0 Å². The molecule has 0 bridgehead atoms. The van der Waals surface area contributed by atoms with E-state index in [0.29, 0.717) is 18.4 Å². The van der Waals surface area contributed by atoms with Gasteiger partial charge in [-0.05, 0) is 44.0 Å². The molecule has 1 atom stereocenters. The van der Waals surface area contributed by atoms with Crippen LogP contribution in [-0.2, 0) is 16.1 Å². The van der Waals surface area contributed by atoms with Crippen molar-refractivity contribution in [3.05, 3.63) is 47.5 Å². The maximum Gasteiger partial charge on any atom is 0.249 e. The summed E-state index contributed by atoms with van der Waals surface area (Å²) in [5.74, 6) is 1.08. The topological polar surface area (TPSA) is 96.5 Å². The van der Waals surface area contributed by atoms with Crippen molar-refractivity contribution in [1.82, 2.24) is 9.88 Å². The highest BCUT2D eigenvalue weighted by atomic mass is 16.3. The number of rotatable bonds is 4. The summed E-state index contributed by atoms with van der Waals surface area (Å²) in [6.45, 7) is 4.44. The predicted octanol–water partition coefficient (Wildman–Crippen LogP) is 3.15. The van der Waals surface area contributed by atoms with Gasteiger partial charge in [0.2, 0.25) is 11.8 Å². The number of aryl methyl sites for hydroxylation is 2. The maximum absolute atomic E-state index is 12.2. The molecule has 1 saturated heterocycles. The molecule has 7 nitrogen and oxygen atoms in total. The summed E-state index contributed by atoms with van der Waals surface area (Å²) in [5.41, 5.74) is 1.94. The number of amides is 2.